The molecule has 5 rings (SSSR count). The number of piperazine rings is 1. The van der Waals surface area contributed by atoms with Gasteiger partial charge in [-0.05, 0) is 12.8 Å². The second-order valence-electron chi connectivity index (χ2n) is 6.54. The minimum absolute atomic E-state index is 0.313. The van der Waals surface area contributed by atoms with Crippen molar-refractivity contribution in [2.45, 2.75) is 18.9 Å². The maximum Gasteiger partial charge on any atom is 0.231 e. The molecule has 3 aliphatic heterocycles. The average Bonchev–Trinajstić information content (AvgIpc) is 3.26. The lowest BCUT2D eigenvalue weighted by molar-refractivity contribution is 0.0321. The van der Waals surface area contributed by atoms with Gasteiger partial charge in [0.15, 0.2) is 16.6 Å². The Hall–Kier alpha value is -1.57. The first-order valence-electron chi connectivity index (χ1n) is 8.64. The van der Waals surface area contributed by atoms with E-state index < -0.39 is 0 Å². The number of aromatic nitrogens is 1. The van der Waals surface area contributed by atoms with Crippen LogP contribution in [0, 0.1) is 0 Å². The lowest BCUT2D eigenvalue weighted by atomic mass is 10.1. The minimum Gasteiger partial charge on any atom is -0.454 e. The van der Waals surface area contributed by atoms with Crippen molar-refractivity contribution in [3.63, 3.8) is 0 Å². The van der Waals surface area contributed by atoms with Crippen LogP contribution in [0.25, 0.3) is 10.2 Å². The third-order valence-electron chi connectivity index (χ3n) is 5.16. The maximum absolute atomic E-state index is 5.48. The normalized spacial score (nSPS) is 22.4. The molecule has 0 N–H and O–H groups in total. The molecule has 0 spiro atoms. The molecule has 2 fully saturated rings. The fraction of sp³-hybridized carbons (Fsp3) is 0.588. The van der Waals surface area contributed by atoms with E-state index in [2.05, 4.69) is 15.9 Å². The van der Waals surface area contributed by atoms with Crippen LogP contribution in [0.15, 0.2) is 12.1 Å². The van der Waals surface area contributed by atoms with Gasteiger partial charge in [-0.1, -0.05) is 11.3 Å². The molecular formula is C17H21N3O3S. The monoisotopic (exact) mass is 347 g/mol. The summed E-state index contributed by atoms with van der Waals surface area (Å²) < 4.78 is 17.6. The fourth-order valence-corrected chi connectivity index (χ4v) is 4.80. The first-order valence-corrected chi connectivity index (χ1v) is 9.45. The molecule has 0 unspecified atom stereocenters. The molecule has 4 heterocycles. The number of hydrogen-bond donors (Lipinski definition) is 0. The van der Waals surface area contributed by atoms with Gasteiger partial charge < -0.3 is 19.1 Å². The number of hydrogen-bond acceptors (Lipinski definition) is 7. The van der Waals surface area contributed by atoms with Crippen LogP contribution in [-0.4, -0.2) is 62.1 Å². The number of fused-ring (bicyclic) bond motifs is 2. The van der Waals surface area contributed by atoms with Gasteiger partial charge in [0.05, 0.1) is 10.2 Å². The molecule has 0 bridgehead atoms. The molecule has 128 valence electrons. The zero-order valence-electron chi connectivity index (χ0n) is 13.6. The highest BCUT2D eigenvalue weighted by Gasteiger charge is 2.27. The fourth-order valence-electron chi connectivity index (χ4n) is 3.77. The number of thiazole rings is 1. The summed E-state index contributed by atoms with van der Waals surface area (Å²) >= 11 is 1.75. The van der Waals surface area contributed by atoms with Crippen molar-refractivity contribution in [2.75, 3.05) is 51.1 Å². The van der Waals surface area contributed by atoms with Gasteiger partial charge in [-0.25, -0.2) is 4.98 Å². The molecule has 0 radical (unpaired) electrons. The Bertz CT molecular complexity index is 695. The Morgan fingerprint density at radius 2 is 1.75 bits per heavy atom. The summed E-state index contributed by atoms with van der Waals surface area (Å²) in [5, 5.41) is 1.11. The summed E-state index contributed by atoms with van der Waals surface area (Å²) in [6, 6.07) is 4.75. The Balaban J connectivity index is 1.30. The van der Waals surface area contributed by atoms with Crippen LogP contribution in [0.3, 0.4) is 0 Å². The molecule has 2 aromatic rings. The van der Waals surface area contributed by atoms with Crippen molar-refractivity contribution in [1.82, 2.24) is 9.88 Å². The van der Waals surface area contributed by atoms with E-state index >= 15 is 0 Å². The van der Waals surface area contributed by atoms with E-state index in [0.717, 1.165) is 61.5 Å². The van der Waals surface area contributed by atoms with Gasteiger partial charge >= 0.3 is 0 Å². The molecular weight excluding hydrogens is 326 g/mol. The Morgan fingerprint density at radius 3 is 2.54 bits per heavy atom. The third kappa shape index (κ3) is 2.60. The van der Waals surface area contributed by atoms with Crippen molar-refractivity contribution < 1.29 is 14.2 Å². The van der Waals surface area contributed by atoms with Gasteiger partial charge in [-0.15, -0.1) is 0 Å². The van der Waals surface area contributed by atoms with Crippen molar-refractivity contribution >= 4 is 26.7 Å². The number of nitrogens with zero attached hydrogens (tertiary/aromatic N) is 3. The van der Waals surface area contributed by atoms with Gasteiger partial charge in [0.2, 0.25) is 6.79 Å². The SMILES string of the molecule is c1c2c(cc3sc(N4CCN(C5CCOCC5)CC4)nc13)OCO2. The first-order chi connectivity index (χ1) is 11.9. The molecule has 0 saturated carbocycles. The highest BCUT2D eigenvalue weighted by Crippen LogP contribution is 2.39. The van der Waals surface area contributed by atoms with Gasteiger partial charge in [0, 0.05) is 57.6 Å². The van der Waals surface area contributed by atoms with Gasteiger partial charge in [0.25, 0.3) is 0 Å². The van der Waals surface area contributed by atoms with Crippen molar-refractivity contribution in [3.05, 3.63) is 12.1 Å². The minimum atomic E-state index is 0.313. The van der Waals surface area contributed by atoms with E-state index in [4.69, 9.17) is 19.2 Å². The predicted octanol–water partition coefficient (Wildman–Crippen LogP) is 2.33. The Kier molecular flexibility index (Phi) is 3.72. The van der Waals surface area contributed by atoms with E-state index in [0.29, 0.717) is 12.8 Å². The summed E-state index contributed by atoms with van der Waals surface area (Å²) in [6.07, 6.45) is 2.35. The lowest BCUT2D eigenvalue weighted by Gasteiger charge is -2.40. The van der Waals surface area contributed by atoms with Crippen LogP contribution < -0.4 is 14.4 Å². The first kappa shape index (κ1) is 14.7. The van der Waals surface area contributed by atoms with Gasteiger partial charge in [0.1, 0.15) is 0 Å². The Labute approximate surface area is 144 Å². The van der Waals surface area contributed by atoms with Crippen LogP contribution in [0.5, 0.6) is 11.5 Å². The third-order valence-corrected chi connectivity index (χ3v) is 6.24. The zero-order valence-corrected chi connectivity index (χ0v) is 14.4. The zero-order chi connectivity index (χ0) is 15.9. The standard InChI is InChI=1S/C17H21N3O3S/c1-7-21-8-2-12(1)19-3-5-20(6-4-19)17-18-13-9-14-15(23-11-22-14)10-16(13)24-17/h9-10,12H,1-8,11H2. The van der Waals surface area contributed by atoms with Crippen LogP contribution >= 0.6 is 11.3 Å². The Morgan fingerprint density at radius 1 is 1.00 bits per heavy atom. The van der Waals surface area contributed by atoms with Crippen LogP contribution in [0.4, 0.5) is 5.13 Å². The molecule has 3 aliphatic rings. The number of anilines is 1. The summed E-state index contributed by atoms with van der Waals surface area (Å²) in [5.74, 6) is 1.64. The summed E-state index contributed by atoms with van der Waals surface area (Å²) in [4.78, 5) is 9.86. The summed E-state index contributed by atoms with van der Waals surface area (Å²) in [7, 11) is 0. The average molecular weight is 347 g/mol. The second-order valence-corrected chi connectivity index (χ2v) is 7.55. The quantitative estimate of drug-likeness (QED) is 0.831. The number of rotatable bonds is 2. The molecule has 0 amide bonds. The molecule has 0 atom stereocenters. The van der Waals surface area contributed by atoms with Crippen molar-refractivity contribution in [2.24, 2.45) is 0 Å². The largest absolute Gasteiger partial charge is 0.454 e. The molecule has 2 saturated heterocycles. The summed E-state index contributed by atoms with van der Waals surface area (Å²) in [6.45, 7) is 6.46. The lowest BCUT2D eigenvalue weighted by Crippen LogP contribution is -2.51. The van der Waals surface area contributed by atoms with Gasteiger partial charge in [-0.3, -0.25) is 4.90 Å². The molecule has 1 aromatic carbocycles. The van der Waals surface area contributed by atoms with Gasteiger partial charge in [-0.2, -0.15) is 0 Å². The molecule has 1 aromatic heterocycles. The molecule has 7 heteroatoms. The highest BCUT2D eigenvalue weighted by atomic mass is 32.1. The van der Waals surface area contributed by atoms with Crippen molar-refractivity contribution in [3.8, 4) is 11.5 Å². The molecule has 6 nitrogen and oxygen atoms in total. The van der Waals surface area contributed by atoms with Crippen molar-refractivity contribution in [1.29, 1.82) is 0 Å². The topological polar surface area (TPSA) is 47.1 Å². The number of benzene rings is 1. The van der Waals surface area contributed by atoms with E-state index in [1.165, 1.54) is 17.5 Å². The van der Waals surface area contributed by atoms with Crippen LogP contribution in [0.1, 0.15) is 12.8 Å². The highest BCUT2D eigenvalue weighted by molar-refractivity contribution is 7.22. The predicted molar refractivity (Wildman–Crippen MR) is 93.4 cm³/mol. The molecule has 0 aliphatic carbocycles. The van der Waals surface area contributed by atoms with E-state index in [9.17, 15) is 0 Å². The van der Waals surface area contributed by atoms with Crippen LogP contribution in [-0.2, 0) is 4.74 Å². The van der Waals surface area contributed by atoms with E-state index in [1.807, 2.05) is 6.07 Å². The second kappa shape index (κ2) is 6.06. The maximum atomic E-state index is 5.48. The number of ether oxygens (including phenoxy) is 3. The smallest absolute Gasteiger partial charge is 0.231 e. The van der Waals surface area contributed by atoms with E-state index in [-0.39, 0.29) is 0 Å². The van der Waals surface area contributed by atoms with Crippen LogP contribution in [0.2, 0.25) is 0 Å². The molecule has 24 heavy (non-hydrogen) atoms. The van der Waals surface area contributed by atoms with E-state index in [1.54, 1.807) is 11.3 Å². The summed E-state index contributed by atoms with van der Waals surface area (Å²) in [5.41, 5.74) is 1.01.